The maximum Gasteiger partial charge on any atom is 0.244 e. The molecule has 1 aliphatic heterocycles. The maximum absolute atomic E-state index is 12.1. The van der Waals surface area contributed by atoms with Crippen LogP contribution >= 0.6 is 0 Å². The van der Waals surface area contributed by atoms with Gasteiger partial charge >= 0.3 is 0 Å². The first-order chi connectivity index (χ1) is 9.20. The predicted octanol–water partition coefficient (Wildman–Crippen LogP) is -0.260. The summed E-state index contributed by atoms with van der Waals surface area (Å²) in [7, 11) is 0. The van der Waals surface area contributed by atoms with Crippen LogP contribution in [0.2, 0.25) is 0 Å². The molecule has 0 aromatic heterocycles. The smallest absolute Gasteiger partial charge is 0.244 e. The van der Waals surface area contributed by atoms with Gasteiger partial charge in [-0.3, -0.25) is 9.59 Å². The Bertz CT molecular complexity index is 297. The average molecular weight is 271 g/mol. The van der Waals surface area contributed by atoms with E-state index in [2.05, 4.69) is 10.6 Å². The van der Waals surface area contributed by atoms with E-state index in [1.807, 2.05) is 13.8 Å². The minimum atomic E-state index is -0.381. The Kier molecular flexibility index (Phi) is 7.43. The summed E-state index contributed by atoms with van der Waals surface area (Å²) in [5.41, 5.74) is 0. The molecular formula is C13H25N3O3. The van der Waals surface area contributed by atoms with E-state index in [4.69, 9.17) is 4.74 Å². The average Bonchev–Trinajstić information content (AvgIpc) is 2.43. The van der Waals surface area contributed by atoms with Crippen LogP contribution in [-0.4, -0.2) is 62.1 Å². The van der Waals surface area contributed by atoms with Crippen LogP contribution < -0.4 is 10.6 Å². The number of rotatable bonds is 7. The second-order valence-corrected chi connectivity index (χ2v) is 4.50. The van der Waals surface area contributed by atoms with E-state index >= 15 is 0 Å². The lowest BCUT2D eigenvalue weighted by Crippen LogP contribution is -2.59. The molecule has 1 aliphatic rings. The zero-order chi connectivity index (χ0) is 14.1. The number of nitrogens with one attached hydrogen (secondary N) is 2. The molecule has 110 valence electrons. The number of carbonyl (C=O) groups excluding carboxylic acids is 2. The van der Waals surface area contributed by atoms with Crippen LogP contribution in [-0.2, 0) is 14.3 Å². The van der Waals surface area contributed by atoms with Crippen molar-refractivity contribution < 1.29 is 14.3 Å². The Morgan fingerprint density at radius 2 is 2.21 bits per heavy atom. The highest BCUT2D eigenvalue weighted by atomic mass is 16.5. The third-order valence-electron chi connectivity index (χ3n) is 3.10. The zero-order valence-electron chi connectivity index (χ0n) is 11.9. The van der Waals surface area contributed by atoms with Gasteiger partial charge in [-0.15, -0.1) is 0 Å². The summed E-state index contributed by atoms with van der Waals surface area (Å²) in [4.78, 5) is 25.8. The van der Waals surface area contributed by atoms with E-state index in [1.165, 1.54) is 0 Å². The second-order valence-electron chi connectivity index (χ2n) is 4.50. The molecule has 1 fully saturated rings. The highest BCUT2D eigenvalue weighted by molar-refractivity contribution is 5.88. The molecule has 1 heterocycles. The molecule has 1 atom stereocenters. The van der Waals surface area contributed by atoms with E-state index < -0.39 is 0 Å². The van der Waals surface area contributed by atoms with Gasteiger partial charge in [-0.1, -0.05) is 0 Å². The Labute approximate surface area is 114 Å². The normalized spacial score (nSPS) is 19.3. The molecule has 2 N–H and O–H groups in total. The Balaban J connectivity index is 2.46. The first kappa shape index (κ1) is 15.9. The number of hydrogen-bond acceptors (Lipinski definition) is 4. The summed E-state index contributed by atoms with van der Waals surface area (Å²) in [5, 5.41) is 5.93. The van der Waals surface area contributed by atoms with Crippen molar-refractivity contribution in [2.24, 2.45) is 0 Å². The summed E-state index contributed by atoms with van der Waals surface area (Å²) in [6.07, 6.45) is 1.15. The fourth-order valence-corrected chi connectivity index (χ4v) is 2.14. The molecule has 1 saturated heterocycles. The highest BCUT2D eigenvalue weighted by Gasteiger charge is 2.31. The number of nitrogens with zero attached hydrogens (tertiary/aromatic N) is 1. The van der Waals surface area contributed by atoms with Gasteiger partial charge in [0.2, 0.25) is 11.8 Å². The highest BCUT2D eigenvalue weighted by Crippen LogP contribution is 2.07. The van der Waals surface area contributed by atoms with E-state index in [1.54, 1.807) is 4.90 Å². The molecule has 2 amide bonds. The van der Waals surface area contributed by atoms with Gasteiger partial charge in [-0.05, 0) is 20.3 Å². The molecule has 6 heteroatoms. The van der Waals surface area contributed by atoms with Crippen LogP contribution in [0.5, 0.6) is 0 Å². The SMILES string of the molecule is CCNC(=O)C1CNCCN1C(=O)CCCOCC. The van der Waals surface area contributed by atoms with Crippen LogP contribution in [0.3, 0.4) is 0 Å². The molecule has 0 saturated carbocycles. The fraction of sp³-hybridized carbons (Fsp3) is 0.846. The number of carbonyl (C=O) groups is 2. The second kappa shape index (κ2) is 8.87. The number of hydrogen-bond donors (Lipinski definition) is 2. The summed E-state index contributed by atoms with van der Waals surface area (Å²) in [6.45, 7) is 7.53. The largest absolute Gasteiger partial charge is 0.382 e. The standard InChI is InChI=1S/C13H25N3O3/c1-3-15-13(18)11-10-14-7-8-16(11)12(17)6-5-9-19-4-2/h11,14H,3-10H2,1-2H3,(H,15,18). The predicted molar refractivity (Wildman–Crippen MR) is 72.8 cm³/mol. The molecule has 6 nitrogen and oxygen atoms in total. The summed E-state index contributed by atoms with van der Waals surface area (Å²) in [6, 6.07) is -0.381. The molecule has 0 radical (unpaired) electrons. The number of likely N-dealkylation sites (N-methyl/N-ethyl adjacent to an activating group) is 1. The fourth-order valence-electron chi connectivity index (χ4n) is 2.14. The lowest BCUT2D eigenvalue weighted by Gasteiger charge is -2.35. The Morgan fingerprint density at radius 1 is 1.42 bits per heavy atom. The van der Waals surface area contributed by atoms with Crippen molar-refractivity contribution >= 4 is 11.8 Å². The van der Waals surface area contributed by atoms with Crippen molar-refractivity contribution in [2.75, 3.05) is 39.4 Å². The lowest BCUT2D eigenvalue weighted by atomic mass is 10.1. The van der Waals surface area contributed by atoms with Crippen molar-refractivity contribution in [3.8, 4) is 0 Å². The molecule has 0 aromatic rings. The molecule has 19 heavy (non-hydrogen) atoms. The van der Waals surface area contributed by atoms with Gasteiger partial charge in [-0.2, -0.15) is 0 Å². The van der Waals surface area contributed by atoms with Gasteiger partial charge in [0.15, 0.2) is 0 Å². The third-order valence-corrected chi connectivity index (χ3v) is 3.10. The van der Waals surface area contributed by atoms with E-state index in [-0.39, 0.29) is 17.9 Å². The van der Waals surface area contributed by atoms with Gasteiger partial charge in [0.1, 0.15) is 6.04 Å². The molecule has 0 spiro atoms. The van der Waals surface area contributed by atoms with Gasteiger partial charge in [0, 0.05) is 45.8 Å². The minimum Gasteiger partial charge on any atom is -0.382 e. The summed E-state index contributed by atoms with van der Waals surface area (Å²) < 4.78 is 5.22. The summed E-state index contributed by atoms with van der Waals surface area (Å²) >= 11 is 0. The van der Waals surface area contributed by atoms with E-state index in [9.17, 15) is 9.59 Å². The number of amides is 2. The van der Waals surface area contributed by atoms with Crippen LogP contribution in [0, 0.1) is 0 Å². The number of ether oxygens (including phenoxy) is 1. The Morgan fingerprint density at radius 3 is 2.89 bits per heavy atom. The van der Waals surface area contributed by atoms with Crippen LogP contribution in [0.25, 0.3) is 0 Å². The molecular weight excluding hydrogens is 246 g/mol. The lowest BCUT2D eigenvalue weighted by molar-refractivity contribution is -0.141. The van der Waals surface area contributed by atoms with Crippen molar-refractivity contribution in [2.45, 2.75) is 32.7 Å². The van der Waals surface area contributed by atoms with Crippen LogP contribution in [0.4, 0.5) is 0 Å². The Hall–Kier alpha value is -1.14. The number of piperazine rings is 1. The summed E-state index contributed by atoms with van der Waals surface area (Å²) in [5.74, 6) is -0.0367. The van der Waals surface area contributed by atoms with E-state index in [0.717, 1.165) is 6.54 Å². The molecule has 0 bridgehead atoms. The zero-order valence-corrected chi connectivity index (χ0v) is 11.9. The quantitative estimate of drug-likeness (QED) is 0.626. The first-order valence-electron chi connectivity index (χ1n) is 7.06. The van der Waals surface area contributed by atoms with Crippen LogP contribution in [0.1, 0.15) is 26.7 Å². The molecule has 0 aliphatic carbocycles. The van der Waals surface area contributed by atoms with Gasteiger partial charge in [0.05, 0.1) is 0 Å². The van der Waals surface area contributed by atoms with Crippen molar-refractivity contribution in [3.05, 3.63) is 0 Å². The van der Waals surface area contributed by atoms with Crippen molar-refractivity contribution in [1.82, 2.24) is 15.5 Å². The maximum atomic E-state index is 12.1. The molecule has 1 rings (SSSR count). The first-order valence-corrected chi connectivity index (χ1v) is 7.06. The van der Waals surface area contributed by atoms with Crippen molar-refractivity contribution in [3.63, 3.8) is 0 Å². The van der Waals surface area contributed by atoms with E-state index in [0.29, 0.717) is 45.7 Å². The van der Waals surface area contributed by atoms with Crippen LogP contribution in [0.15, 0.2) is 0 Å². The minimum absolute atomic E-state index is 0.0393. The van der Waals surface area contributed by atoms with Crippen molar-refractivity contribution in [1.29, 1.82) is 0 Å². The van der Waals surface area contributed by atoms with Gasteiger partial charge in [-0.25, -0.2) is 0 Å². The van der Waals surface area contributed by atoms with Gasteiger partial charge in [0.25, 0.3) is 0 Å². The molecule has 1 unspecified atom stereocenters. The van der Waals surface area contributed by atoms with Gasteiger partial charge < -0.3 is 20.3 Å². The monoisotopic (exact) mass is 271 g/mol. The third kappa shape index (κ3) is 5.16. The topological polar surface area (TPSA) is 70.7 Å². The molecule has 0 aromatic carbocycles.